The van der Waals surface area contributed by atoms with Crippen LogP contribution in [0.4, 0.5) is 17.6 Å². The van der Waals surface area contributed by atoms with Crippen LogP contribution in [-0.4, -0.2) is 0 Å². The zero-order chi connectivity index (χ0) is 30.4. The molecule has 0 aliphatic carbocycles. The summed E-state index contributed by atoms with van der Waals surface area (Å²) in [5.74, 6) is -3.06. The topological polar surface area (TPSA) is 0 Å². The van der Waals surface area contributed by atoms with Gasteiger partial charge < -0.3 is 0 Å². The Bertz CT molecular complexity index is 1040. The van der Waals surface area contributed by atoms with Gasteiger partial charge in [0.1, 0.15) is 0 Å². The molecule has 0 aliphatic heterocycles. The van der Waals surface area contributed by atoms with Crippen molar-refractivity contribution < 1.29 is 17.6 Å². The summed E-state index contributed by atoms with van der Waals surface area (Å²) in [7, 11) is 0. The molecule has 0 saturated carbocycles. The summed E-state index contributed by atoms with van der Waals surface area (Å²) in [6.07, 6.45) is 8.74. The third kappa shape index (κ3) is 12.2. The Kier molecular flexibility index (Phi) is 16.4. The second kappa shape index (κ2) is 17.7. The fourth-order valence-corrected chi connectivity index (χ4v) is 3.70. The van der Waals surface area contributed by atoms with Gasteiger partial charge in [-0.1, -0.05) is 105 Å². The summed E-state index contributed by atoms with van der Waals surface area (Å²) in [4.78, 5) is 0. The lowest BCUT2D eigenvalue weighted by atomic mass is 9.83. The first-order valence-corrected chi connectivity index (χ1v) is 13.6. The molecule has 0 rings (SSSR count). The number of rotatable bonds is 19. The van der Waals surface area contributed by atoms with Crippen molar-refractivity contribution in [3.63, 3.8) is 0 Å². The first-order chi connectivity index (χ1) is 18.1. The lowest BCUT2D eigenvalue weighted by Crippen LogP contribution is -2.11. The second-order valence-electron chi connectivity index (χ2n) is 11.0. The van der Waals surface area contributed by atoms with E-state index in [1.165, 1.54) is 18.6 Å². The summed E-state index contributed by atoms with van der Waals surface area (Å²) >= 11 is 0. The Morgan fingerprint density at radius 3 is 1.49 bits per heavy atom. The molecule has 0 saturated heterocycles. The van der Waals surface area contributed by atoms with E-state index >= 15 is 0 Å². The van der Waals surface area contributed by atoms with E-state index in [0.29, 0.717) is 30.6 Å². The van der Waals surface area contributed by atoms with E-state index in [1.807, 2.05) is 6.92 Å². The molecule has 0 aromatic heterocycles. The van der Waals surface area contributed by atoms with Gasteiger partial charge in [-0.2, -0.15) is 0 Å². The van der Waals surface area contributed by atoms with Gasteiger partial charge in [-0.3, -0.25) is 0 Å². The van der Waals surface area contributed by atoms with E-state index in [1.54, 1.807) is 6.08 Å². The van der Waals surface area contributed by atoms with E-state index in [2.05, 4.69) is 73.7 Å². The minimum atomic E-state index is -1.19. The van der Waals surface area contributed by atoms with Crippen molar-refractivity contribution in [3.05, 3.63) is 121 Å². The average molecular weight is 545 g/mol. The van der Waals surface area contributed by atoms with Crippen molar-refractivity contribution >= 4 is 0 Å². The average Bonchev–Trinajstić information content (AvgIpc) is 2.92. The van der Waals surface area contributed by atoms with Crippen LogP contribution in [-0.2, 0) is 0 Å². The molecule has 0 nitrogen and oxygen atoms in total. The predicted octanol–water partition coefficient (Wildman–Crippen LogP) is 12.3. The van der Waals surface area contributed by atoms with Gasteiger partial charge in [-0.05, 0) is 71.6 Å². The molecule has 0 amide bonds. The molecular weight excluding hydrogens is 496 g/mol. The second-order valence-corrected chi connectivity index (χ2v) is 11.0. The summed E-state index contributed by atoms with van der Waals surface area (Å²) in [5, 5.41) is 0. The lowest BCUT2D eigenvalue weighted by Gasteiger charge is -2.23. The van der Waals surface area contributed by atoms with Crippen molar-refractivity contribution in [1.82, 2.24) is 0 Å². The molecular formula is C35H48F4. The number of halogens is 4. The molecule has 0 radical (unpaired) electrons. The lowest BCUT2D eigenvalue weighted by molar-refractivity contribution is 0.305. The molecule has 216 valence electrons. The third-order valence-corrected chi connectivity index (χ3v) is 7.24. The molecule has 3 unspecified atom stereocenters. The third-order valence-electron chi connectivity index (χ3n) is 7.24. The Labute approximate surface area is 235 Å². The monoisotopic (exact) mass is 544 g/mol. The Balaban J connectivity index is 5.26. The van der Waals surface area contributed by atoms with E-state index in [0.717, 1.165) is 12.8 Å². The van der Waals surface area contributed by atoms with Gasteiger partial charge in [0.2, 0.25) is 0 Å². The SMILES string of the molecule is C=CCCC(=C)/C(F)=C(/F)C(=C)C(=C)/C=C\C(=C)C(=C)/C(F)=C(/F)C(=C)C(C)CCC(C)C(C)CCC(C)C. The zero-order valence-corrected chi connectivity index (χ0v) is 24.7. The fraction of sp³-hybridized carbons (Fsp3) is 0.429. The molecule has 3 atom stereocenters. The van der Waals surface area contributed by atoms with Crippen molar-refractivity contribution in [2.75, 3.05) is 0 Å². The highest BCUT2D eigenvalue weighted by Crippen LogP contribution is 2.34. The summed E-state index contributed by atoms with van der Waals surface area (Å²) in [6.45, 7) is 36.1. The van der Waals surface area contributed by atoms with Gasteiger partial charge in [0.05, 0.1) is 0 Å². The van der Waals surface area contributed by atoms with Crippen LogP contribution in [0.25, 0.3) is 0 Å². The largest absolute Gasteiger partial charge is 0.203 e. The maximum atomic E-state index is 15.0. The highest BCUT2D eigenvalue weighted by atomic mass is 19.2. The molecule has 0 bridgehead atoms. The summed E-state index contributed by atoms with van der Waals surface area (Å²) < 4.78 is 58.7. The summed E-state index contributed by atoms with van der Waals surface area (Å²) in [5.41, 5.74) is -0.428. The van der Waals surface area contributed by atoms with Crippen LogP contribution >= 0.6 is 0 Å². The minimum absolute atomic E-state index is 0.0182. The number of hydrogen-bond donors (Lipinski definition) is 0. The van der Waals surface area contributed by atoms with Gasteiger partial charge in [-0.25, -0.2) is 17.6 Å². The summed E-state index contributed by atoms with van der Waals surface area (Å²) in [6, 6.07) is 0. The van der Waals surface area contributed by atoms with Crippen molar-refractivity contribution in [2.45, 2.75) is 73.1 Å². The van der Waals surface area contributed by atoms with Crippen LogP contribution in [0.15, 0.2) is 121 Å². The predicted molar refractivity (Wildman–Crippen MR) is 163 cm³/mol. The van der Waals surface area contributed by atoms with Crippen LogP contribution in [0.1, 0.15) is 73.1 Å². The molecule has 0 fully saturated rings. The van der Waals surface area contributed by atoms with Gasteiger partial charge in [-0.15, -0.1) is 6.58 Å². The van der Waals surface area contributed by atoms with E-state index in [4.69, 9.17) is 0 Å². The highest BCUT2D eigenvalue weighted by molar-refractivity contribution is 5.54. The molecule has 0 aromatic carbocycles. The van der Waals surface area contributed by atoms with Crippen LogP contribution in [0.5, 0.6) is 0 Å². The fourth-order valence-electron chi connectivity index (χ4n) is 3.70. The van der Waals surface area contributed by atoms with E-state index in [-0.39, 0.29) is 45.8 Å². The van der Waals surface area contributed by atoms with Gasteiger partial charge >= 0.3 is 0 Å². The molecule has 0 spiro atoms. The first kappa shape index (κ1) is 36.1. The number of hydrogen-bond acceptors (Lipinski definition) is 0. The van der Waals surface area contributed by atoms with Gasteiger partial charge in [0.15, 0.2) is 23.3 Å². The van der Waals surface area contributed by atoms with Crippen molar-refractivity contribution in [2.24, 2.45) is 23.7 Å². The minimum Gasteiger partial charge on any atom is -0.203 e. The van der Waals surface area contributed by atoms with Gasteiger partial charge in [0, 0.05) is 11.1 Å². The maximum Gasteiger partial charge on any atom is 0.166 e. The normalized spacial score (nSPS) is 15.2. The maximum absolute atomic E-state index is 15.0. The molecule has 4 heteroatoms. The quantitative estimate of drug-likeness (QED) is 0.0862. The van der Waals surface area contributed by atoms with E-state index in [9.17, 15) is 17.6 Å². The molecule has 0 aliphatic rings. The first-order valence-electron chi connectivity index (χ1n) is 13.6. The van der Waals surface area contributed by atoms with E-state index < -0.39 is 23.3 Å². The standard InChI is InChI=1S/C35H48F4/c1-13-14-15-28(9)32(36)33(37)29(10)26(7)20-21-27(8)31(12)35(39)34(38)30(11)25(6)19-18-24(5)23(4)17-16-22(2)3/h13,20-25H,1,7-12,14-19H2,2-6H3/b21-20-,33-32-,35-34-. The van der Waals surface area contributed by atoms with Crippen molar-refractivity contribution in [1.29, 1.82) is 0 Å². The highest BCUT2D eigenvalue weighted by Gasteiger charge is 2.21. The zero-order valence-electron chi connectivity index (χ0n) is 24.7. The molecule has 0 heterocycles. The van der Waals surface area contributed by atoms with Crippen LogP contribution in [0, 0.1) is 23.7 Å². The molecule has 0 N–H and O–H groups in total. The molecule has 0 aromatic rings. The van der Waals surface area contributed by atoms with Crippen molar-refractivity contribution in [3.8, 4) is 0 Å². The smallest absolute Gasteiger partial charge is 0.166 e. The molecule has 39 heavy (non-hydrogen) atoms. The van der Waals surface area contributed by atoms with Crippen LogP contribution < -0.4 is 0 Å². The number of allylic oxidation sites excluding steroid dienone is 13. The Morgan fingerprint density at radius 1 is 0.615 bits per heavy atom. The Hall–Kier alpha value is -2.88. The van der Waals surface area contributed by atoms with Crippen LogP contribution in [0.2, 0.25) is 0 Å². The van der Waals surface area contributed by atoms with Crippen LogP contribution in [0.3, 0.4) is 0 Å². The Morgan fingerprint density at radius 2 is 1.05 bits per heavy atom. The van der Waals surface area contributed by atoms with Gasteiger partial charge in [0.25, 0.3) is 0 Å².